The number of imidazole rings is 1. The first-order valence-electron chi connectivity index (χ1n) is 5.64. The number of nitrogens with zero attached hydrogens (tertiary/aromatic N) is 4. The van der Waals surface area contributed by atoms with Crippen molar-refractivity contribution >= 4 is 23.2 Å². The lowest BCUT2D eigenvalue weighted by Gasteiger charge is -1.95. The highest BCUT2D eigenvalue weighted by Crippen LogP contribution is 2.16. The summed E-state index contributed by atoms with van der Waals surface area (Å²) in [5.74, 6) is 0.619. The van der Waals surface area contributed by atoms with Crippen molar-refractivity contribution in [1.82, 2.24) is 19.9 Å². The summed E-state index contributed by atoms with van der Waals surface area (Å²) in [5, 5.41) is 0. The summed E-state index contributed by atoms with van der Waals surface area (Å²) in [5.41, 5.74) is 2.62. The average Bonchev–Trinajstić information content (AvgIpc) is 2.89. The normalized spacial score (nSPS) is 11.3. The minimum atomic E-state index is 0.619. The minimum absolute atomic E-state index is 0.619. The molecule has 5 nitrogen and oxygen atoms in total. The molecule has 0 aliphatic rings. The van der Waals surface area contributed by atoms with Gasteiger partial charge in [0.05, 0.1) is 6.33 Å². The highest BCUT2D eigenvalue weighted by Gasteiger charge is 2.02. The summed E-state index contributed by atoms with van der Waals surface area (Å²) in [6.07, 6.45) is 5.69. The number of nitrogens with one attached hydrogen (secondary N) is 1. The second-order valence-corrected chi connectivity index (χ2v) is 3.80. The van der Waals surface area contributed by atoms with Crippen molar-refractivity contribution in [3.8, 4) is 0 Å². The van der Waals surface area contributed by atoms with Crippen molar-refractivity contribution in [2.45, 2.75) is 6.42 Å². The molecule has 0 radical (unpaired) electrons. The van der Waals surface area contributed by atoms with Crippen LogP contribution >= 0.6 is 0 Å². The Balaban J connectivity index is 1.82. The van der Waals surface area contributed by atoms with Crippen LogP contribution in [0.3, 0.4) is 0 Å². The Morgan fingerprint density at radius 3 is 2.89 bits per heavy atom. The second kappa shape index (κ2) is 4.75. The van der Waals surface area contributed by atoms with E-state index in [2.05, 4.69) is 37.1 Å². The Morgan fingerprint density at radius 2 is 2.00 bits per heavy atom. The van der Waals surface area contributed by atoms with Crippen LogP contribution in [0.1, 0.15) is 5.56 Å². The minimum Gasteiger partial charge on any atom is -0.340 e. The van der Waals surface area contributed by atoms with E-state index in [9.17, 15) is 0 Å². The number of hydrogen-bond donors (Lipinski definition) is 1. The van der Waals surface area contributed by atoms with Crippen LogP contribution in [0.2, 0.25) is 0 Å². The molecule has 5 heteroatoms. The molecule has 3 aromatic rings. The number of benzene rings is 1. The van der Waals surface area contributed by atoms with Gasteiger partial charge in [-0.2, -0.15) is 0 Å². The van der Waals surface area contributed by atoms with E-state index < -0.39 is 0 Å². The Morgan fingerprint density at radius 1 is 1.11 bits per heavy atom. The zero-order chi connectivity index (χ0) is 12.2. The SMILES string of the molecule is C(Cc1ccccc1)=Nc1ncnc2nc[nH]c12. The van der Waals surface area contributed by atoms with Crippen molar-refractivity contribution in [2.75, 3.05) is 0 Å². The Bertz CT molecular complexity index is 672. The quantitative estimate of drug-likeness (QED) is 0.711. The predicted octanol–water partition coefficient (Wildman–Crippen LogP) is 2.30. The largest absolute Gasteiger partial charge is 0.340 e. The molecule has 0 amide bonds. The Hall–Kier alpha value is -2.56. The van der Waals surface area contributed by atoms with Gasteiger partial charge in [-0.05, 0) is 5.56 Å². The van der Waals surface area contributed by atoms with Crippen LogP contribution in [0.15, 0.2) is 48.0 Å². The molecule has 0 aliphatic carbocycles. The standard InChI is InChI=1S/C13H11N5/c1-2-4-10(5-3-1)6-7-14-12-11-13(16-8-15-11)18-9-17-12/h1-5,7-9H,6H2,(H,15,16,17,18). The molecule has 0 bridgehead atoms. The maximum atomic E-state index is 4.35. The Labute approximate surface area is 104 Å². The van der Waals surface area contributed by atoms with E-state index in [1.807, 2.05) is 24.4 Å². The average molecular weight is 237 g/mol. The van der Waals surface area contributed by atoms with Gasteiger partial charge in [-0.3, -0.25) is 0 Å². The van der Waals surface area contributed by atoms with E-state index in [4.69, 9.17) is 0 Å². The number of aromatic nitrogens is 4. The fraction of sp³-hybridized carbons (Fsp3) is 0.0769. The van der Waals surface area contributed by atoms with Crippen molar-refractivity contribution in [3.63, 3.8) is 0 Å². The van der Waals surface area contributed by atoms with Gasteiger partial charge in [-0.25, -0.2) is 19.9 Å². The highest BCUT2D eigenvalue weighted by molar-refractivity contribution is 5.82. The number of aromatic amines is 1. The molecule has 1 N–H and O–H groups in total. The molecule has 18 heavy (non-hydrogen) atoms. The molecule has 88 valence electrons. The third-order valence-corrected chi connectivity index (χ3v) is 2.59. The molecule has 2 aromatic heterocycles. The summed E-state index contributed by atoms with van der Waals surface area (Å²) < 4.78 is 0. The molecule has 0 aliphatic heterocycles. The second-order valence-electron chi connectivity index (χ2n) is 3.80. The number of rotatable bonds is 3. The molecule has 1 aromatic carbocycles. The van der Waals surface area contributed by atoms with Crippen molar-refractivity contribution in [3.05, 3.63) is 48.5 Å². The predicted molar refractivity (Wildman–Crippen MR) is 70.0 cm³/mol. The molecule has 3 rings (SSSR count). The fourth-order valence-corrected chi connectivity index (χ4v) is 1.70. The van der Waals surface area contributed by atoms with Crippen LogP contribution < -0.4 is 0 Å². The number of hydrogen-bond acceptors (Lipinski definition) is 4. The van der Waals surface area contributed by atoms with Crippen LogP contribution in [-0.4, -0.2) is 26.2 Å². The number of H-pyrrole nitrogens is 1. The van der Waals surface area contributed by atoms with E-state index in [1.165, 1.54) is 11.9 Å². The fourth-order valence-electron chi connectivity index (χ4n) is 1.70. The van der Waals surface area contributed by atoms with E-state index in [0.29, 0.717) is 11.5 Å². The van der Waals surface area contributed by atoms with E-state index in [1.54, 1.807) is 6.33 Å². The van der Waals surface area contributed by atoms with Gasteiger partial charge >= 0.3 is 0 Å². The third kappa shape index (κ3) is 2.10. The first kappa shape index (κ1) is 10.6. The maximum absolute atomic E-state index is 4.35. The Kier molecular flexibility index (Phi) is 2.79. The molecular weight excluding hydrogens is 226 g/mol. The third-order valence-electron chi connectivity index (χ3n) is 2.59. The molecule has 0 unspecified atom stereocenters. The lowest BCUT2D eigenvalue weighted by molar-refractivity contribution is 1.18. The van der Waals surface area contributed by atoms with Gasteiger partial charge in [0.2, 0.25) is 0 Å². The van der Waals surface area contributed by atoms with E-state index in [0.717, 1.165) is 11.9 Å². The molecule has 0 spiro atoms. The smallest absolute Gasteiger partial charge is 0.182 e. The van der Waals surface area contributed by atoms with Gasteiger partial charge in [0, 0.05) is 12.6 Å². The van der Waals surface area contributed by atoms with Crippen LogP contribution in [0, 0.1) is 0 Å². The summed E-state index contributed by atoms with van der Waals surface area (Å²) in [6, 6.07) is 10.2. The van der Waals surface area contributed by atoms with Crippen molar-refractivity contribution < 1.29 is 0 Å². The first-order valence-corrected chi connectivity index (χ1v) is 5.64. The molecule has 0 saturated heterocycles. The number of fused-ring (bicyclic) bond motifs is 1. The zero-order valence-electron chi connectivity index (χ0n) is 9.61. The summed E-state index contributed by atoms with van der Waals surface area (Å²) in [4.78, 5) is 19.6. The highest BCUT2D eigenvalue weighted by atomic mass is 15.0. The van der Waals surface area contributed by atoms with Gasteiger partial charge in [-0.1, -0.05) is 30.3 Å². The molecule has 0 atom stereocenters. The lowest BCUT2D eigenvalue weighted by Crippen LogP contribution is -1.86. The van der Waals surface area contributed by atoms with Gasteiger partial charge < -0.3 is 4.98 Å². The molecule has 0 saturated carbocycles. The summed E-state index contributed by atoms with van der Waals surface area (Å²) in [7, 11) is 0. The van der Waals surface area contributed by atoms with Crippen LogP contribution in [0.5, 0.6) is 0 Å². The van der Waals surface area contributed by atoms with E-state index >= 15 is 0 Å². The molecule has 0 fully saturated rings. The van der Waals surface area contributed by atoms with E-state index in [-0.39, 0.29) is 0 Å². The van der Waals surface area contributed by atoms with Crippen LogP contribution in [-0.2, 0) is 6.42 Å². The van der Waals surface area contributed by atoms with Gasteiger partial charge in [0.1, 0.15) is 11.8 Å². The molecular formula is C13H11N5. The number of aliphatic imine (C=N–C) groups is 1. The summed E-state index contributed by atoms with van der Waals surface area (Å²) >= 11 is 0. The monoisotopic (exact) mass is 237 g/mol. The van der Waals surface area contributed by atoms with Crippen molar-refractivity contribution in [1.29, 1.82) is 0 Å². The topological polar surface area (TPSA) is 66.8 Å². The zero-order valence-corrected chi connectivity index (χ0v) is 9.61. The van der Waals surface area contributed by atoms with Crippen LogP contribution in [0.25, 0.3) is 11.2 Å². The molecule has 2 heterocycles. The first-order chi connectivity index (χ1) is 8.93. The maximum Gasteiger partial charge on any atom is 0.182 e. The van der Waals surface area contributed by atoms with Crippen LogP contribution in [0.4, 0.5) is 5.82 Å². The lowest BCUT2D eigenvalue weighted by atomic mass is 10.2. The van der Waals surface area contributed by atoms with Gasteiger partial charge in [-0.15, -0.1) is 0 Å². The summed E-state index contributed by atoms with van der Waals surface area (Å²) in [6.45, 7) is 0. The van der Waals surface area contributed by atoms with Gasteiger partial charge in [0.25, 0.3) is 0 Å². The van der Waals surface area contributed by atoms with Gasteiger partial charge in [0.15, 0.2) is 11.5 Å². The van der Waals surface area contributed by atoms with Crippen molar-refractivity contribution in [2.24, 2.45) is 4.99 Å².